The number of nitrogen functional groups attached to an aromatic ring is 1. The second-order valence-electron chi connectivity index (χ2n) is 3.40. The van der Waals surface area contributed by atoms with Crippen molar-refractivity contribution in [1.29, 1.82) is 0 Å². The van der Waals surface area contributed by atoms with Crippen LogP contribution in [0.25, 0.3) is 11.1 Å². The average Bonchev–Trinajstić information content (AvgIpc) is 2.78. The van der Waals surface area contributed by atoms with Crippen LogP contribution in [0.1, 0.15) is 0 Å². The minimum absolute atomic E-state index is 0.0252. The highest BCUT2D eigenvalue weighted by Gasteiger charge is 2.44. The van der Waals surface area contributed by atoms with E-state index in [0.717, 1.165) is 0 Å². The van der Waals surface area contributed by atoms with Crippen molar-refractivity contribution in [2.45, 2.75) is 6.29 Å². The molecule has 1 aromatic heterocycles. The maximum atomic E-state index is 12.9. The number of nitrogens with zero attached hydrogens (tertiary/aromatic N) is 1. The Bertz CT molecular complexity index is 583. The van der Waals surface area contributed by atoms with Crippen LogP contribution in [0, 0.1) is 0 Å². The number of para-hydroxylation sites is 1. The summed E-state index contributed by atoms with van der Waals surface area (Å²) in [6.45, 7) is 0. The number of benzene rings is 1. The molecule has 1 aliphatic rings. The van der Waals surface area contributed by atoms with E-state index < -0.39 is 6.29 Å². The van der Waals surface area contributed by atoms with Gasteiger partial charge in [0, 0.05) is 5.56 Å². The van der Waals surface area contributed by atoms with Crippen molar-refractivity contribution in [3.8, 4) is 22.6 Å². The number of nitrogens with two attached hydrogens (primary N) is 1. The predicted molar refractivity (Wildman–Crippen MR) is 52.6 cm³/mol. The molecule has 0 bridgehead atoms. The molecule has 0 fully saturated rings. The van der Waals surface area contributed by atoms with Gasteiger partial charge in [-0.05, 0) is 6.07 Å². The Balaban J connectivity index is 2.16. The summed E-state index contributed by atoms with van der Waals surface area (Å²) in [5.74, 6) is -0.0993. The van der Waals surface area contributed by atoms with Gasteiger partial charge >= 0.3 is 6.29 Å². The van der Waals surface area contributed by atoms with Crippen molar-refractivity contribution in [3.05, 3.63) is 24.4 Å². The molecule has 2 heterocycles. The molecule has 3 rings (SSSR count). The van der Waals surface area contributed by atoms with Crippen molar-refractivity contribution >= 4 is 5.88 Å². The Morgan fingerprint density at radius 1 is 1.18 bits per heavy atom. The third kappa shape index (κ3) is 1.47. The second-order valence-corrected chi connectivity index (χ2v) is 3.40. The van der Waals surface area contributed by atoms with Crippen LogP contribution in [-0.2, 0) is 0 Å². The number of aromatic nitrogens is 1. The summed E-state index contributed by atoms with van der Waals surface area (Å²) < 4.78 is 39.3. The van der Waals surface area contributed by atoms with E-state index >= 15 is 0 Å². The molecule has 2 aromatic rings. The number of halogens is 2. The van der Waals surface area contributed by atoms with Crippen LogP contribution in [0.5, 0.6) is 11.5 Å². The Morgan fingerprint density at radius 3 is 2.71 bits per heavy atom. The summed E-state index contributed by atoms with van der Waals surface area (Å²) in [5, 5.41) is 3.48. The lowest BCUT2D eigenvalue weighted by Crippen LogP contribution is -2.26. The van der Waals surface area contributed by atoms with Crippen LogP contribution in [0.15, 0.2) is 28.9 Å². The lowest BCUT2D eigenvalue weighted by Gasteiger charge is -2.05. The fourth-order valence-corrected chi connectivity index (χ4v) is 1.63. The number of rotatable bonds is 1. The Morgan fingerprint density at radius 2 is 2.00 bits per heavy atom. The molecule has 1 aliphatic heterocycles. The fraction of sp³-hybridized carbons (Fsp3) is 0.100. The first-order valence-corrected chi connectivity index (χ1v) is 4.66. The molecule has 7 heteroatoms. The van der Waals surface area contributed by atoms with Crippen molar-refractivity contribution in [2.24, 2.45) is 0 Å². The van der Waals surface area contributed by atoms with Crippen LogP contribution in [0.3, 0.4) is 0 Å². The summed E-state index contributed by atoms with van der Waals surface area (Å²) in [6, 6.07) is 4.49. The number of hydrogen-bond acceptors (Lipinski definition) is 5. The SMILES string of the molecule is Nc1oncc1-c1cccc2c1OC(F)(F)O2. The van der Waals surface area contributed by atoms with Crippen molar-refractivity contribution in [2.75, 3.05) is 5.73 Å². The van der Waals surface area contributed by atoms with E-state index in [0.29, 0.717) is 11.1 Å². The Labute approximate surface area is 93.7 Å². The third-order valence-electron chi connectivity index (χ3n) is 2.32. The van der Waals surface area contributed by atoms with E-state index in [4.69, 9.17) is 5.73 Å². The monoisotopic (exact) mass is 240 g/mol. The van der Waals surface area contributed by atoms with Crippen LogP contribution < -0.4 is 15.2 Å². The minimum atomic E-state index is -3.66. The van der Waals surface area contributed by atoms with Gasteiger partial charge in [0.1, 0.15) is 0 Å². The summed E-state index contributed by atoms with van der Waals surface area (Å²) in [7, 11) is 0. The highest BCUT2D eigenvalue weighted by molar-refractivity contribution is 5.79. The fourth-order valence-electron chi connectivity index (χ4n) is 1.63. The molecule has 0 amide bonds. The molecule has 0 saturated heterocycles. The van der Waals surface area contributed by atoms with Gasteiger partial charge in [-0.2, -0.15) is 0 Å². The van der Waals surface area contributed by atoms with Crippen LogP contribution in [-0.4, -0.2) is 11.5 Å². The predicted octanol–water partition coefficient (Wildman–Crippen LogP) is 2.25. The lowest BCUT2D eigenvalue weighted by atomic mass is 10.1. The van der Waals surface area contributed by atoms with Crippen molar-refractivity contribution in [1.82, 2.24) is 5.16 Å². The first-order chi connectivity index (χ1) is 8.07. The van der Waals surface area contributed by atoms with Crippen LogP contribution in [0.2, 0.25) is 0 Å². The quantitative estimate of drug-likeness (QED) is 0.827. The summed E-state index contributed by atoms with van der Waals surface area (Å²) in [4.78, 5) is 0. The first-order valence-electron chi connectivity index (χ1n) is 4.66. The van der Waals surface area contributed by atoms with Crippen molar-refractivity contribution < 1.29 is 22.8 Å². The molecule has 17 heavy (non-hydrogen) atoms. The number of anilines is 1. The largest absolute Gasteiger partial charge is 0.586 e. The van der Waals surface area contributed by atoms with Gasteiger partial charge in [0.2, 0.25) is 5.88 Å². The molecular weight excluding hydrogens is 234 g/mol. The topological polar surface area (TPSA) is 70.5 Å². The van der Waals surface area contributed by atoms with Crippen LogP contribution in [0.4, 0.5) is 14.7 Å². The molecule has 88 valence electrons. The number of ether oxygens (including phenoxy) is 2. The summed E-state index contributed by atoms with van der Waals surface area (Å²) >= 11 is 0. The molecule has 0 spiro atoms. The van der Waals surface area contributed by atoms with E-state index in [2.05, 4.69) is 19.2 Å². The van der Waals surface area contributed by atoms with Gasteiger partial charge in [-0.15, -0.1) is 8.78 Å². The molecule has 0 radical (unpaired) electrons. The maximum absolute atomic E-state index is 12.9. The molecule has 0 unspecified atom stereocenters. The van der Waals surface area contributed by atoms with Crippen LogP contribution >= 0.6 is 0 Å². The highest BCUT2D eigenvalue weighted by Crippen LogP contribution is 2.47. The highest BCUT2D eigenvalue weighted by atomic mass is 19.3. The van der Waals surface area contributed by atoms with Gasteiger partial charge in [-0.3, -0.25) is 0 Å². The van der Waals surface area contributed by atoms with E-state index in [1.54, 1.807) is 12.1 Å². The molecule has 0 atom stereocenters. The molecule has 2 N–H and O–H groups in total. The zero-order valence-electron chi connectivity index (χ0n) is 8.31. The number of alkyl halides is 2. The number of fused-ring (bicyclic) bond motifs is 1. The zero-order valence-corrected chi connectivity index (χ0v) is 8.31. The van der Waals surface area contributed by atoms with E-state index in [1.165, 1.54) is 12.3 Å². The molecule has 5 nitrogen and oxygen atoms in total. The van der Waals surface area contributed by atoms with Gasteiger partial charge in [-0.25, -0.2) is 0 Å². The minimum Gasteiger partial charge on any atom is -0.395 e. The first kappa shape index (κ1) is 9.88. The van der Waals surface area contributed by atoms with Gasteiger partial charge in [-0.1, -0.05) is 17.3 Å². The Hall–Kier alpha value is -2.31. The van der Waals surface area contributed by atoms with Gasteiger partial charge in [0.05, 0.1) is 11.8 Å². The van der Waals surface area contributed by atoms with Gasteiger partial charge < -0.3 is 19.7 Å². The smallest absolute Gasteiger partial charge is 0.395 e. The standard InChI is InChI=1S/C10H6F2N2O3/c11-10(12)15-7-3-1-2-5(8(7)16-10)6-4-14-17-9(6)13/h1-4H,13H2. The van der Waals surface area contributed by atoms with E-state index in [9.17, 15) is 8.78 Å². The van der Waals surface area contributed by atoms with Gasteiger partial charge in [0.25, 0.3) is 0 Å². The molecule has 1 aromatic carbocycles. The van der Waals surface area contributed by atoms with Crippen molar-refractivity contribution in [3.63, 3.8) is 0 Å². The molecule has 0 aliphatic carbocycles. The van der Waals surface area contributed by atoms with E-state index in [-0.39, 0.29) is 17.4 Å². The zero-order chi connectivity index (χ0) is 12.0. The summed E-state index contributed by atoms with van der Waals surface area (Å²) in [6.07, 6.45) is -2.34. The average molecular weight is 240 g/mol. The lowest BCUT2D eigenvalue weighted by molar-refractivity contribution is -0.286. The second kappa shape index (κ2) is 3.09. The number of hydrogen-bond donors (Lipinski definition) is 1. The Kier molecular flexibility index (Phi) is 1.80. The molecular formula is C10H6F2N2O3. The normalized spacial score (nSPS) is 16.1. The molecule has 0 saturated carbocycles. The van der Waals surface area contributed by atoms with E-state index in [1.807, 2.05) is 0 Å². The maximum Gasteiger partial charge on any atom is 0.586 e. The summed E-state index contributed by atoms with van der Waals surface area (Å²) in [5.41, 5.74) is 6.24. The third-order valence-corrected chi connectivity index (χ3v) is 2.32. The van der Waals surface area contributed by atoms with Gasteiger partial charge in [0.15, 0.2) is 11.5 Å².